The van der Waals surface area contributed by atoms with Crippen LogP contribution in [0, 0.1) is 5.82 Å². The third-order valence-electron chi connectivity index (χ3n) is 2.85. The van der Waals surface area contributed by atoms with E-state index in [1.54, 1.807) is 18.2 Å². The van der Waals surface area contributed by atoms with E-state index in [-0.39, 0.29) is 11.9 Å². The second-order valence-electron chi connectivity index (χ2n) is 5.00. The molecule has 0 aliphatic rings. The standard InChI is InChI=1S/C17H19FO2S/c1-12(2)20-14-7-5-6-13(10-14)16(19)11-21-17-9-4-3-8-15(17)18/h3-10,12,16,19H,11H2,1-2H3. The highest BCUT2D eigenvalue weighted by Crippen LogP contribution is 2.28. The highest BCUT2D eigenvalue weighted by Gasteiger charge is 2.11. The third-order valence-corrected chi connectivity index (χ3v) is 3.97. The lowest BCUT2D eigenvalue weighted by Gasteiger charge is -2.14. The molecule has 0 heterocycles. The summed E-state index contributed by atoms with van der Waals surface area (Å²) in [5.41, 5.74) is 0.775. The summed E-state index contributed by atoms with van der Waals surface area (Å²) < 4.78 is 19.1. The molecule has 0 aliphatic carbocycles. The Kier molecular flexibility index (Phi) is 5.65. The first-order valence-electron chi connectivity index (χ1n) is 6.88. The molecule has 0 amide bonds. The van der Waals surface area contributed by atoms with Crippen molar-refractivity contribution in [2.45, 2.75) is 31.0 Å². The van der Waals surface area contributed by atoms with E-state index in [4.69, 9.17) is 4.74 Å². The number of ether oxygens (including phenoxy) is 1. The number of hydrogen-bond donors (Lipinski definition) is 1. The Bertz CT molecular complexity index is 587. The molecular formula is C17H19FO2S. The highest BCUT2D eigenvalue weighted by atomic mass is 32.2. The molecule has 0 aromatic heterocycles. The predicted molar refractivity (Wildman–Crippen MR) is 84.3 cm³/mol. The molecule has 0 bridgehead atoms. The van der Waals surface area contributed by atoms with Crippen LogP contribution in [0.5, 0.6) is 5.75 Å². The predicted octanol–water partition coefficient (Wildman–Crippen LogP) is 4.44. The van der Waals surface area contributed by atoms with Crippen molar-refractivity contribution in [2.75, 3.05) is 5.75 Å². The zero-order valence-corrected chi connectivity index (χ0v) is 12.9. The van der Waals surface area contributed by atoms with Crippen LogP contribution in [-0.2, 0) is 0 Å². The van der Waals surface area contributed by atoms with E-state index in [2.05, 4.69) is 0 Å². The summed E-state index contributed by atoms with van der Waals surface area (Å²) in [6.07, 6.45) is -0.574. The largest absolute Gasteiger partial charge is 0.491 e. The van der Waals surface area contributed by atoms with E-state index in [1.807, 2.05) is 38.1 Å². The third kappa shape index (κ3) is 4.76. The molecule has 0 aliphatic heterocycles. The van der Waals surface area contributed by atoms with Crippen LogP contribution in [0.25, 0.3) is 0 Å². The van der Waals surface area contributed by atoms with Gasteiger partial charge in [0.2, 0.25) is 0 Å². The summed E-state index contributed by atoms with van der Waals surface area (Å²) in [4.78, 5) is 0.547. The van der Waals surface area contributed by atoms with Crippen molar-refractivity contribution < 1.29 is 14.2 Å². The first-order chi connectivity index (χ1) is 10.1. The lowest BCUT2D eigenvalue weighted by molar-refractivity contribution is 0.201. The van der Waals surface area contributed by atoms with Crippen molar-refractivity contribution in [3.05, 3.63) is 59.9 Å². The fraction of sp³-hybridized carbons (Fsp3) is 0.294. The van der Waals surface area contributed by atoms with Crippen molar-refractivity contribution >= 4 is 11.8 Å². The maximum absolute atomic E-state index is 13.5. The molecule has 21 heavy (non-hydrogen) atoms. The van der Waals surface area contributed by atoms with Crippen LogP contribution in [0.4, 0.5) is 4.39 Å². The summed E-state index contributed by atoms with van der Waals surface area (Å²) in [7, 11) is 0. The summed E-state index contributed by atoms with van der Waals surface area (Å²) in [6.45, 7) is 3.91. The van der Waals surface area contributed by atoms with Crippen LogP contribution < -0.4 is 4.74 Å². The van der Waals surface area contributed by atoms with Crippen molar-refractivity contribution in [1.82, 2.24) is 0 Å². The van der Waals surface area contributed by atoms with Crippen LogP contribution in [0.2, 0.25) is 0 Å². The van der Waals surface area contributed by atoms with Gasteiger partial charge < -0.3 is 9.84 Å². The number of aliphatic hydroxyl groups is 1. The van der Waals surface area contributed by atoms with Gasteiger partial charge >= 0.3 is 0 Å². The monoisotopic (exact) mass is 306 g/mol. The minimum absolute atomic E-state index is 0.0881. The summed E-state index contributed by atoms with van der Waals surface area (Å²) in [6, 6.07) is 14.0. The first kappa shape index (κ1) is 15.9. The normalized spacial score (nSPS) is 12.4. The Labute approximate surface area is 129 Å². The van der Waals surface area contributed by atoms with Crippen molar-refractivity contribution in [2.24, 2.45) is 0 Å². The smallest absolute Gasteiger partial charge is 0.136 e. The Morgan fingerprint density at radius 2 is 1.90 bits per heavy atom. The molecule has 2 nitrogen and oxygen atoms in total. The second kappa shape index (κ2) is 7.48. The quantitative estimate of drug-likeness (QED) is 0.800. The van der Waals surface area contributed by atoms with Gasteiger partial charge in [0.15, 0.2) is 0 Å². The Morgan fingerprint density at radius 3 is 2.62 bits per heavy atom. The van der Waals surface area contributed by atoms with Gasteiger partial charge in [0, 0.05) is 10.6 Å². The zero-order chi connectivity index (χ0) is 15.2. The minimum atomic E-state index is -0.662. The van der Waals surface area contributed by atoms with Crippen molar-refractivity contribution in [3.63, 3.8) is 0 Å². The maximum Gasteiger partial charge on any atom is 0.136 e. The van der Waals surface area contributed by atoms with Crippen LogP contribution in [-0.4, -0.2) is 17.0 Å². The van der Waals surface area contributed by atoms with Crippen LogP contribution in [0.15, 0.2) is 53.4 Å². The number of hydrogen-bond acceptors (Lipinski definition) is 3. The van der Waals surface area contributed by atoms with E-state index >= 15 is 0 Å². The lowest BCUT2D eigenvalue weighted by atomic mass is 10.1. The van der Waals surface area contributed by atoms with Gasteiger partial charge in [-0.05, 0) is 43.7 Å². The molecule has 4 heteroatoms. The van der Waals surface area contributed by atoms with Gasteiger partial charge in [0.05, 0.1) is 12.2 Å². The van der Waals surface area contributed by atoms with Gasteiger partial charge in [0.1, 0.15) is 11.6 Å². The fourth-order valence-corrected chi connectivity index (χ4v) is 2.80. The lowest BCUT2D eigenvalue weighted by Crippen LogP contribution is -2.07. The first-order valence-corrected chi connectivity index (χ1v) is 7.87. The number of halogens is 1. The van der Waals surface area contributed by atoms with Gasteiger partial charge in [-0.3, -0.25) is 0 Å². The minimum Gasteiger partial charge on any atom is -0.491 e. The summed E-state index contributed by atoms with van der Waals surface area (Å²) in [5, 5.41) is 10.2. The molecule has 2 aromatic carbocycles. The van der Waals surface area contributed by atoms with Crippen LogP contribution >= 0.6 is 11.8 Å². The van der Waals surface area contributed by atoms with Gasteiger partial charge in [-0.1, -0.05) is 24.3 Å². The van der Waals surface area contributed by atoms with Gasteiger partial charge in [0.25, 0.3) is 0 Å². The molecule has 1 N–H and O–H groups in total. The Balaban J connectivity index is 2.00. The van der Waals surface area contributed by atoms with Crippen molar-refractivity contribution in [1.29, 1.82) is 0 Å². The molecule has 2 aromatic rings. The number of benzene rings is 2. The second-order valence-corrected chi connectivity index (χ2v) is 6.06. The average molecular weight is 306 g/mol. The molecule has 0 spiro atoms. The molecule has 0 saturated carbocycles. The van der Waals surface area contributed by atoms with Crippen LogP contribution in [0.3, 0.4) is 0 Å². The van der Waals surface area contributed by atoms with E-state index in [1.165, 1.54) is 17.8 Å². The van der Waals surface area contributed by atoms with Gasteiger partial charge in [-0.25, -0.2) is 4.39 Å². The zero-order valence-electron chi connectivity index (χ0n) is 12.1. The van der Waals surface area contributed by atoms with Gasteiger partial charge in [-0.2, -0.15) is 0 Å². The van der Waals surface area contributed by atoms with Crippen LogP contribution in [0.1, 0.15) is 25.5 Å². The fourth-order valence-electron chi connectivity index (χ4n) is 1.89. The summed E-state index contributed by atoms with van der Waals surface area (Å²) in [5.74, 6) is 0.871. The molecule has 0 saturated heterocycles. The molecule has 112 valence electrons. The molecule has 2 rings (SSSR count). The topological polar surface area (TPSA) is 29.5 Å². The van der Waals surface area contributed by atoms with E-state index in [9.17, 15) is 9.50 Å². The van der Waals surface area contributed by atoms with E-state index < -0.39 is 6.10 Å². The van der Waals surface area contributed by atoms with E-state index in [0.29, 0.717) is 10.6 Å². The number of thioether (sulfide) groups is 1. The number of rotatable bonds is 6. The van der Waals surface area contributed by atoms with E-state index in [0.717, 1.165) is 11.3 Å². The number of aliphatic hydroxyl groups excluding tert-OH is 1. The SMILES string of the molecule is CC(C)Oc1cccc(C(O)CSc2ccccc2F)c1. The average Bonchev–Trinajstić information content (AvgIpc) is 2.45. The Hall–Kier alpha value is -1.52. The van der Waals surface area contributed by atoms with Gasteiger partial charge in [-0.15, -0.1) is 11.8 Å². The Morgan fingerprint density at radius 1 is 1.14 bits per heavy atom. The molecule has 1 unspecified atom stereocenters. The van der Waals surface area contributed by atoms with Crippen molar-refractivity contribution in [3.8, 4) is 5.75 Å². The molecule has 0 fully saturated rings. The molecular weight excluding hydrogens is 287 g/mol. The highest BCUT2D eigenvalue weighted by molar-refractivity contribution is 7.99. The summed E-state index contributed by atoms with van der Waals surface area (Å²) >= 11 is 1.30. The molecule has 0 radical (unpaired) electrons. The maximum atomic E-state index is 13.5. The molecule has 1 atom stereocenters.